The summed E-state index contributed by atoms with van der Waals surface area (Å²) in [5, 5.41) is 5.64. The lowest BCUT2D eigenvalue weighted by atomic mass is 10.3. The molecule has 1 aromatic carbocycles. The third-order valence-electron chi connectivity index (χ3n) is 4.38. The van der Waals surface area contributed by atoms with Crippen LogP contribution in [0.4, 0.5) is 5.69 Å². The minimum absolute atomic E-state index is 0.102. The molecular formula is C19H29N4O4+. The van der Waals surface area contributed by atoms with Gasteiger partial charge in [-0.05, 0) is 25.0 Å². The van der Waals surface area contributed by atoms with Crippen molar-refractivity contribution in [3.8, 4) is 5.75 Å². The van der Waals surface area contributed by atoms with Crippen LogP contribution in [-0.2, 0) is 14.4 Å². The van der Waals surface area contributed by atoms with Gasteiger partial charge in [0, 0.05) is 37.8 Å². The third kappa shape index (κ3) is 7.26. The topological polar surface area (TPSA) is 92.2 Å². The molecule has 1 heterocycles. The Balaban J connectivity index is 1.62. The number of benzene rings is 1. The van der Waals surface area contributed by atoms with Gasteiger partial charge < -0.3 is 25.2 Å². The van der Waals surface area contributed by atoms with E-state index in [0.29, 0.717) is 30.9 Å². The smallest absolute Gasteiger partial charge is 0.279 e. The maximum absolute atomic E-state index is 12.1. The van der Waals surface area contributed by atoms with Crippen molar-refractivity contribution in [2.24, 2.45) is 0 Å². The van der Waals surface area contributed by atoms with E-state index in [1.165, 1.54) is 0 Å². The fraction of sp³-hybridized carbons (Fsp3) is 0.526. The van der Waals surface area contributed by atoms with Crippen LogP contribution in [0, 0.1) is 0 Å². The lowest BCUT2D eigenvalue weighted by Gasteiger charge is -2.16. The predicted octanol–water partition coefficient (Wildman–Crippen LogP) is -0.723. The van der Waals surface area contributed by atoms with E-state index >= 15 is 0 Å². The van der Waals surface area contributed by atoms with Crippen molar-refractivity contribution < 1.29 is 24.0 Å². The first-order valence-electron chi connectivity index (χ1n) is 9.27. The maximum Gasteiger partial charge on any atom is 0.279 e. The molecule has 1 aliphatic rings. The molecule has 1 atom stereocenters. The number of carbonyl (C=O) groups is 3. The molecule has 148 valence electrons. The van der Waals surface area contributed by atoms with E-state index in [-0.39, 0.29) is 30.8 Å². The van der Waals surface area contributed by atoms with Crippen LogP contribution < -0.4 is 20.3 Å². The summed E-state index contributed by atoms with van der Waals surface area (Å²) in [6, 6.07) is 7.13. The Kier molecular flexibility index (Phi) is 8.06. The van der Waals surface area contributed by atoms with Gasteiger partial charge in [-0.1, -0.05) is 6.07 Å². The molecule has 27 heavy (non-hydrogen) atoms. The molecule has 1 aliphatic heterocycles. The highest BCUT2D eigenvalue weighted by molar-refractivity contribution is 5.91. The summed E-state index contributed by atoms with van der Waals surface area (Å²) in [6.07, 6.45) is 2.31. The molecule has 0 aromatic heterocycles. The van der Waals surface area contributed by atoms with Crippen LogP contribution in [0.5, 0.6) is 5.75 Å². The zero-order valence-electron chi connectivity index (χ0n) is 16.0. The average molecular weight is 377 g/mol. The van der Waals surface area contributed by atoms with Crippen LogP contribution in [0.3, 0.4) is 0 Å². The van der Waals surface area contributed by atoms with Crippen molar-refractivity contribution in [2.45, 2.75) is 19.3 Å². The molecule has 3 N–H and O–H groups in total. The van der Waals surface area contributed by atoms with Crippen molar-refractivity contribution in [3.05, 3.63) is 24.3 Å². The zero-order chi connectivity index (χ0) is 19.6. The molecule has 0 bridgehead atoms. The number of methoxy groups -OCH3 is 1. The van der Waals surface area contributed by atoms with E-state index in [1.54, 1.807) is 38.4 Å². The highest BCUT2D eigenvalue weighted by Crippen LogP contribution is 2.16. The van der Waals surface area contributed by atoms with E-state index in [0.717, 1.165) is 24.3 Å². The molecule has 1 fully saturated rings. The zero-order valence-corrected chi connectivity index (χ0v) is 16.0. The van der Waals surface area contributed by atoms with Gasteiger partial charge in [-0.2, -0.15) is 0 Å². The van der Waals surface area contributed by atoms with Crippen LogP contribution in [0.1, 0.15) is 19.3 Å². The lowest BCUT2D eigenvalue weighted by molar-refractivity contribution is -0.862. The second kappa shape index (κ2) is 10.5. The first-order chi connectivity index (χ1) is 13.0. The lowest BCUT2D eigenvalue weighted by Crippen LogP contribution is -3.11. The largest absolute Gasteiger partial charge is 0.497 e. The van der Waals surface area contributed by atoms with Gasteiger partial charge in [0.2, 0.25) is 5.91 Å². The number of nitrogens with zero attached hydrogens (tertiary/aromatic N) is 1. The first kappa shape index (κ1) is 20.7. The van der Waals surface area contributed by atoms with Crippen molar-refractivity contribution in [3.63, 3.8) is 0 Å². The molecular weight excluding hydrogens is 348 g/mol. The molecule has 3 amide bonds. The minimum atomic E-state index is -0.166. The van der Waals surface area contributed by atoms with Gasteiger partial charge in [-0.15, -0.1) is 0 Å². The molecule has 1 saturated heterocycles. The Morgan fingerprint density at radius 2 is 2.04 bits per heavy atom. The fourth-order valence-corrected chi connectivity index (χ4v) is 3.02. The third-order valence-corrected chi connectivity index (χ3v) is 4.38. The summed E-state index contributed by atoms with van der Waals surface area (Å²) in [5.74, 6) is 0.603. The summed E-state index contributed by atoms with van der Waals surface area (Å²) >= 11 is 0. The number of ether oxygens (including phenoxy) is 1. The number of nitrogens with one attached hydrogen (secondary N) is 3. The van der Waals surface area contributed by atoms with Crippen LogP contribution in [0.15, 0.2) is 24.3 Å². The molecule has 8 nitrogen and oxygen atoms in total. The Hall–Kier alpha value is -2.61. The number of hydrogen-bond acceptors (Lipinski definition) is 4. The molecule has 2 rings (SSSR count). The Bertz CT molecular complexity index is 665. The highest BCUT2D eigenvalue weighted by atomic mass is 16.5. The van der Waals surface area contributed by atoms with E-state index < -0.39 is 0 Å². The Labute approximate surface area is 159 Å². The second-order valence-corrected chi connectivity index (χ2v) is 6.78. The number of hydrogen-bond donors (Lipinski definition) is 3. The maximum atomic E-state index is 12.1. The minimum Gasteiger partial charge on any atom is -0.497 e. The number of rotatable bonds is 10. The van der Waals surface area contributed by atoms with Gasteiger partial charge in [0.25, 0.3) is 11.8 Å². The molecule has 0 radical (unpaired) electrons. The van der Waals surface area contributed by atoms with Gasteiger partial charge in [0.05, 0.1) is 14.2 Å². The Morgan fingerprint density at radius 3 is 2.74 bits per heavy atom. The van der Waals surface area contributed by atoms with Crippen LogP contribution in [0.25, 0.3) is 0 Å². The molecule has 8 heteroatoms. The predicted molar refractivity (Wildman–Crippen MR) is 102 cm³/mol. The second-order valence-electron chi connectivity index (χ2n) is 6.78. The first-order valence-corrected chi connectivity index (χ1v) is 9.27. The molecule has 1 unspecified atom stereocenters. The number of carbonyl (C=O) groups excluding carboxylic acids is 3. The summed E-state index contributed by atoms with van der Waals surface area (Å²) < 4.78 is 5.12. The average Bonchev–Trinajstić information content (AvgIpc) is 3.03. The standard InChI is InChI=1S/C19H28N4O4/c1-22(14-18(25)21-15-6-3-7-16(12-15)27-2)13-17(24)20-9-5-11-23-10-4-8-19(23)26/h3,6-7,12H,4-5,8-11,13-14H2,1-2H3,(H,20,24)(H,21,25)/p+1. The van der Waals surface area contributed by atoms with Crippen molar-refractivity contribution in [1.29, 1.82) is 0 Å². The van der Waals surface area contributed by atoms with Crippen molar-refractivity contribution in [1.82, 2.24) is 10.2 Å². The monoisotopic (exact) mass is 377 g/mol. The number of amides is 3. The summed E-state index contributed by atoms with van der Waals surface area (Å²) in [7, 11) is 3.37. The van der Waals surface area contributed by atoms with Gasteiger partial charge in [0.15, 0.2) is 13.1 Å². The van der Waals surface area contributed by atoms with E-state index in [9.17, 15) is 14.4 Å². The van der Waals surface area contributed by atoms with E-state index in [2.05, 4.69) is 10.6 Å². The quantitative estimate of drug-likeness (QED) is 0.469. The molecule has 0 aliphatic carbocycles. The van der Waals surface area contributed by atoms with Crippen LogP contribution in [-0.4, -0.2) is 69.5 Å². The number of likely N-dealkylation sites (N-methyl/N-ethyl adjacent to an activating group) is 1. The van der Waals surface area contributed by atoms with Gasteiger partial charge >= 0.3 is 0 Å². The SMILES string of the molecule is COc1cccc(NC(=O)C[NH+](C)CC(=O)NCCCN2CCCC2=O)c1. The molecule has 0 spiro atoms. The number of quaternary nitrogens is 1. The summed E-state index contributed by atoms with van der Waals surface area (Å²) in [6.45, 7) is 2.44. The normalized spacial score (nSPS) is 14.7. The molecule has 1 aromatic rings. The highest BCUT2D eigenvalue weighted by Gasteiger charge is 2.19. The summed E-state index contributed by atoms with van der Waals surface area (Å²) in [4.78, 5) is 38.2. The van der Waals surface area contributed by atoms with Gasteiger partial charge in [0.1, 0.15) is 5.75 Å². The van der Waals surface area contributed by atoms with Crippen LogP contribution >= 0.6 is 0 Å². The van der Waals surface area contributed by atoms with E-state index in [1.807, 2.05) is 4.90 Å². The number of likely N-dealkylation sites (tertiary alicyclic amines) is 1. The Morgan fingerprint density at radius 1 is 1.26 bits per heavy atom. The summed E-state index contributed by atoms with van der Waals surface area (Å²) in [5.41, 5.74) is 0.660. The molecule has 0 saturated carbocycles. The van der Waals surface area contributed by atoms with Crippen molar-refractivity contribution >= 4 is 23.4 Å². The van der Waals surface area contributed by atoms with Crippen molar-refractivity contribution in [2.75, 3.05) is 52.2 Å². The van der Waals surface area contributed by atoms with E-state index in [4.69, 9.17) is 4.74 Å². The van der Waals surface area contributed by atoms with Gasteiger partial charge in [-0.25, -0.2) is 0 Å². The van der Waals surface area contributed by atoms with Crippen LogP contribution in [0.2, 0.25) is 0 Å². The van der Waals surface area contributed by atoms with Gasteiger partial charge in [-0.3, -0.25) is 14.4 Å². The number of anilines is 1. The fourth-order valence-electron chi connectivity index (χ4n) is 3.02.